The van der Waals surface area contributed by atoms with Gasteiger partial charge in [0.05, 0.1) is 0 Å². The maximum atomic E-state index is 2.43. The fraction of sp³-hybridized carbons (Fsp3) is 0.556. The summed E-state index contributed by atoms with van der Waals surface area (Å²) in [5.74, 6) is 0. The highest BCUT2D eigenvalue weighted by atomic mass is 31.1. The van der Waals surface area contributed by atoms with Crippen LogP contribution in [0.15, 0.2) is 97.1 Å². The molecule has 0 nitrogen and oxygen atoms in total. The van der Waals surface area contributed by atoms with E-state index in [1.54, 1.807) is 0 Å². The summed E-state index contributed by atoms with van der Waals surface area (Å²) in [4.78, 5) is 0. The van der Waals surface area contributed by atoms with E-state index in [1.165, 1.54) is 133 Å². The third kappa shape index (κ3) is 14.8. The van der Waals surface area contributed by atoms with Gasteiger partial charge in [-0.05, 0) is 106 Å². The van der Waals surface area contributed by atoms with Crippen molar-refractivity contribution in [3.8, 4) is 0 Å². The molecule has 4 aromatic carbocycles. The highest BCUT2D eigenvalue weighted by Gasteiger charge is 2.21. The number of unbranched alkanes of at least 4 members (excludes halogenated alkanes) is 11. The van der Waals surface area contributed by atoms with E-state index in [9.17, 15) is 0 Å². The molecule has 306 valence electrons. The lowest BCUT2D eigenvalue weighted by Gasteiger charge is -2.24. The molecule has 4 rings (SSSR count). The SMILES string of the molecule is CC(C)(C)c1ccc(P(CCCCCCCCCCCCCCP(c2ccc(C(C)(C)C)cc2)c2ccc(C(C)(C)C)cc2)c2ccc(C(C)(C)C)cc2)cc1. The van der Waals surface area contributed by atoms with Crippen LogP contribution in [0.1, 0.15) is 182 Å². The number of hydrogen-bond acceptors (Lipinski definition) is 0. The standard InChI is InChI=1S/C54H80P2/c1-51(2,3)43-25-33-47(34-26-43)55(48-35-27-44(28-36-48)52(4,5)6)41-23-21-19-17-15-13-14-16-18-20-22-24-42-56(49-37-29-45(30-38-49)53(7,8)9)50-39-31-46(32-40-50)54(10,11)12/h25-40H,13-24,41-42H2,1-12H3. The molecule has 0 aliphatic carbocycles. The first-order valence-corrected chi connectivity index (χ1v) is 25.4. The van der Waals surface area contributed by atoms with Gasteiger partial charge in [0.25, 0.3) is 0 Å². The van der Waals surface area contributed by atoms with E-state index in [0.717, 1.165) is 0 Å². The van der Waals surface area contributed by atoms with Crippen molar-refractivity contribution in [1.29, 1.82) is 0 Å². The molecule has 0 aliphatic rings. The molecule has 4 aromatic rings. The van der Waals surface area contributed by atoms with Crippen molar-refractivity contribution in [2.24, 2.45) is 0 Å². The van der Waals surface area contributed by atoms with Crippen molar-refractivity contribution in [3.05, 3.63) is 119 Å². The Labute approximate surface area is 349 Å². The van der Waals surface area contributed by atoms with Crippen molar-refractivity contribution >= 4 is 37.1 Å². The first kappa shape index (κ1) is 46.4. The number of benzene rings is 4. The summed E-state index contributed by atoms with van der Waals surface area (Å²) in [7, 11) is -0.648. The summed E-state index contributed by atoms with van der Waals surface area (Å²) in [6, 6.07) is 38.5. The molecule has 0 saturated carbocycles. The lowest BCUT2D eigenvalue weighted by Crippen LogP contribution is -2.18. The Hall–Kier alpha value is -2.26. The van der Waals surface area contributed by atoms with Gasteiger partial charge in [0.1, 0.15) is 0 Å². The summed E-state index contributed by atoms with van der Waals surface area (Å²) < 4.78 is 0. The molecule has 0 spiro atoms. The second kappa shape index (κ2) is 21.1. The normalized spacial score (nSPS) is 12.9. The summed E-state index contributed by atoms with van der Waals surface area (Å²) in [5.41, 5.74) is 6.50. The fourth-order valence-corrected chi connectivity index (χ4v) is 12.4. The maximum absolute atomic E-state index is 2.43. The van der Waals surface area contributed by atoms with Crippen molar-refractivity contribution < 1.29 is 0 Å². The van der Waals surface area contributed by atoms with Gasteiger partial charge in [0.2, 0.25) is 0 Å². The van der Waals surface area contributed by atoms with Crippen LogP contribution in [0.2, 0.25) is 0 Å². The minimum absolute atomic E-state index is 0.195. The van der Waals surface area contributed by atoms with Gasteiger partial charge in [-0.15, -0.1) is 0 Å². The lowest BCUT2D eigenvalue weighted by atomic mass is 9.87. The van der Waals surface area contributed by atoms with Gasteiger partial charge in [-0.2, -0.15) is 0 Å². The summed E-state index contributed by atoms with van der Waals surface area (Å²) in [6.45, 7) is 27.8. The molecule has 0 aliphatic heterocycles. The van der Waals surface area contributed by atoms with Gasteiger partial charge in [0, 0.05) is 0 Å². The van der Waals surface area contributed by atoms with E-state index in [0.29, 0.717) is 0 Å². The monoisotopic (exact) mass is 791 g/mol. The van der Waals surface area contributed by atoms with Crippen LogP contribution in [-0.4, -0.2) is 12.3 Å². The maximum Gasteiger partial charge on any atom is -0.0132 e. The van der Waals surface area contributed by atoms with Gasteiger partial charge in [-0.3, -0.25) is 0 Å². The highest BCUT2D eigenvalue weighted by Crippen LogP contribution is 2.38. The molecule has 0 fully saturated rings. The highest BCUT2D eigenvalue weighted by molar-refractivity contribution is 7.73. The Balaban J connectivity index is 1.15. The second-order valence-electron chi connectivity index (χ2n) is 20.7. The third-order valence-electron chi connectivity index (χ3n) is 11.7. The Morgan fingerprint density at radius 3 is 0.571 bits per heavy atom. The van der Waals surface area contributed by atoms with Crippen LogP contribution >= 0.6 is 15.8 Å². The average molecular weight is 791 g/mol. The molecular weight excluding hydrogens is 711 g/mol. The second-order valence-corrected chi connectivity index (χ2v) is 25.4. The fourth-order valence-electron chi connectivity index (χ4n) is 7.69. The van der Waals surface area contributed by atoms with Crippen LogP contribution < -0.4 is 21.2 Å². The molecule has 0 heterocycles. The average Bonchev–Trinajstić information content (AvgIpc) is 3.14. The first-order chi connectivity index (χ1) is 26.3. The molecule has 0 unspecified atom stereocenters. The van der Waals surface area contributed by atoms with Gasteiger partial charge in [0.15, 0.2) is 0 Å². The topological polar surface area (TPSA) is 0 Å². The van der Waals surface area contributed by atoms with Crippen molar-refractivity contribution in [2.45, 2.75) is 182 Å². The van der Waals surface area contributed by atoms with Crippen molar-refractivity contribution in [3.63, 3.8) is 0 Å². The molecule has 2 heteroatoms. The molecule has 0 amide bonds. The summed E-state index contributed by atoms with van der Waals surface area (Å²) in [5, 5.41) is 6.14. The molecule has 0 radical (unpaired) electrons. The Kier molecular flexibility index (Phi) is 17.5. The Bertz CT molecular complexity index is 1440. The minimum atomic E-state index is -0.324. The van der Waals surface area contributed by atoms with Crippen molar-refractivity contribution in [2.75, 3.05) is 12.3 Å². The summed E-state index contributed by atoms with van der Waals surface area (Å²) >= 11 is 0. The number of hydrogen-bond donors (Lipinski definition) is 0. The zero-order valence-electron chi connectivity index (χ0n) is 38.0. The summed E-state index contributed by atoms with van der Waals surface area (Å²) in [6.07, 6.45) is 19.2. The molecular formula is C54H80P2. The largest absolute Gasteiger partial charge is 0.0579 e. The Morgan fingerprint density at radius 1 is 0.250 bits per heavy atom. The molecule has 0 saturated heterocycles. The molecule has 0 bridgehead atoms. The zero-order valence-corrected chi connectivity index (χ0v) is 39.8. The van der Waals surface area contributed by atoms with E-state index in [-0.39, 0.29) is 37.5 Å². The van der Waals surface area contributed by atoms with Crippen LogP contribution in [0.3, 0.4) is 0 Å². The van der Waals surface area contributed by atoms with E-state index in [2.05, 4.69) is 180 Å². The molecule has 0 atom stereocenters. The Morgan fingerprint density at radius 2 is 0.411 bits per heavy atom. The van der Waals surface area contributed by atoms with Crippen molar-refractivity contribution in [1.82, 2.24) is 0 Å². The first-order valence-electron chi connectivity index (χ1n) is 22.3. The van der Waals surface area contributed by atoms with Crippen LogP contribution in [0.5, 0.6) is 0 Å². The van der Waals surface area contributed by atoms with Gasteiger partial charge >= 0.3 is 0 Å². The third-order valence-corrected chi connectivity index (χ3v) is 16.9. The quantitative estimate of drug-likeness (QED) is 0.0656. The van der Waals surface area contributed by atoms with E-state index in [1.807, 2.05) is 0 Å². The lowest BCUT2D eigenvalue weighted by molar-refractivity contribution is 0.548. The van der Waals surface area contributed by atoms with Crippen LogP contribution in [0, 0.1) is 0 Å². The van der Waals surface area contributed by atoms with E-state index < -0.39 is 0 Å². The van der Waals surface area contributed by atoms with Crippen LogP contribution in [-0.2, 0) is 21.7 Å². The van der Waals surface area contributed by atoms with E-state index >= 15 is 0 Å². The number of rotatable bonds is 19. The zero-order chi connectivity index (χ0) is 41.0. The molecule has 56 heavy (non-hydrogen) atoms. The van der Waals surface area contributed by atoms with Gasteiger partial charge in [-0.1, -0.05) is 244 Å². The molecule has 0 N–H and O–H groups in total. The predicted molar refractivity (Wildman–Crippen MR) is 258 cm³/mol. The van der Waals surface area contributed by atoms with Crippen LogP contribution in [0.4, 0.5) is 0 Å². The minimum Gasteiger partial charge on any atom is -0.0579 e. The smallest absolute Gasteiger partial charge is 0.0132 e. The van der Waals surface area contributed by atoms with Gasteiger partial charge in [-0.25, -0.2) is 0 Å². The van der Waals surface area contributed by atoms with E-state index in [4.69, 9.17) is 0 Å². The van der Waals surface area contributed by atoms with Gasteiger partial charge < -0.3 is 0 Å². The van der Waals surface area contributed by atoms with Crippen LogP contribution in [0.25, 0.3) is 0 Å². The molecule has 0 aromatic heterocycles. The predicted octanol–water partition coefficient (Wildman–Crippen LogP) is 15.1.